The summed E-state index contributed by atoms with van der Waals surface area (Å²) in [5, 5.41) is 3.23. The van der Waals surface area contributed by atoms with Gasteiger partial charge >= 0.3 is 0 Å². The molecule has 0 aliphatic rings. The van der Waals surface area contributed by atoms with E-state index in [1.807, 2.05) is 0 Å². The van der Waals surface area contributed by atoms with E-state index < -0.39 is 0 Å². The molecule has 0 bridgehead atoms. The van der Waals surface area contributed by atoms with Gasteiger partial charge in [-0.1, -0.05) is 181 Å². The van der Waals surface area contributed by atoms with Crippen molar-refractivity contribution in [2.45, 2.75) is 213 Å². The van der Waals surface area contributed by atoms with Crippen molar-refractivity contribution in [2.75, 3.05) is 0 Å². The van der Waals surface area contributed by atoms with Crippen LogP contribution >= 0.6 is 0 Å². The predicted molar refractivity (Wildman–Crippen MR) is 163 cm³/mol. The molecule has 1 unspecified atom stereocenters. The van der Waals surface area contributed by atoms with Crippen molar-refractivity contribution in [2.24, 2.45) is 0 Å². The smallest absolute Gasteiger partial charge is 0.220 e. The minimum Gasteiger partial charge on any atom is -0.354 e. The summed E-state index contributed by atoms with van der Waals surface area (Å²) >= 11 is 0. The van der Waals surface area contributed by atoms with Crippen LogP contribution in [-0.2, 0) is 4.79 Å². The van der Waals surface area contributed by atoms with Gasteiger partial charge in [0.1, 0.15) is 0 Å². The monoisotopic (exact) mass is 508 g/mol. The van der Waals surface area contributed by atoms with E-state index >= 15 is 0 Å². The van der Waals surface area contributed by atoms with E-state index in [1.54, 1.807) is 0 Å². The van der Waals surface area contributed by atoms with Crippen LogP contribution < -0.4 is 5.32 Å². The highest BCUT2D eigenvalue weighted by Crippen LogP contribution is 2.15. The molecule has 0 aromatic rings. The number of rotatable bonds is 30. The molecule has 0 spiro atoms. The number of carbonyl (C=O) groups is 1. The van der Waals surface area contributed by atoms with Crippen molar-refractivity contribution in [1.29, 1.82) is 0 Å². The van der Waals surface area contributed by atoms with Gasteiger partial charge in [0.25, 0.3) is 0 Å². The maximum Gasteiger partial charge on any atom is 0.220 e. The second-order valence-electron chi connectivity index (χ2n) is 11.8. The Morgan fingerprint density at radius 3 is 1.06 bits per heavy atom. The normalized spacial score (nSPS) is 12.2. The molecule has 216 valence electrons. The molecule has 0 radical (unpaired) electrons. The highest BCUT2D eigenvalue weighted by molar-refractivity contribution is 5.76. The van der Waals surface area contributed by atoms with Gasteiger partial charge in [-0.05, 0) is 19.8 Å². The molecule has 0 aliphatic heterocycles. The van der Waals surface area contributed by atoms with Gasteiger partial charge in [0.2, 0.25) is 5.91 Å². The number of amides is 1. The van der Waals surface area contributed by atoms with Crippen LogP contribution in [0.2, 0.25) is 0 Å². The Kier molecular flexibility index (Phi) is 30.2. The molecule has 1 atom stereocenters. The summed E-state index contributed by atoms with van der Waals surface area (Å²) in [6.07, 6.45) is 39.2. The van der Waals surface area contributed by atoms with Crippen LogP contribution in [0, 0.1) is 0 Å². The number of carbonyl (C=O) groups excluding carboxylic acids is 1. The lowest BCUT2D eigenvalue weighted by molar-refractivity contribution is -0.121. The van der Waals surface area contributed by atoms with Crippen LogP contribution in [0.15, 0.2) is 0 Å². The largest absolute Gasteiger partial charge is 0.354 e. The van der Waals surface area contributed by atoms with Gasteiger partial charge in [-0.25, -0.2) is 0 Å². The summed E-state index contributed by atoms with van der Waals surface area (Å²) in [7, 11) is 0. The Morgan fingerprint density at radius 2 is 0.722 bits per heavy atom. The van der Waals surface area contributed by atoms with E-state index in [9.17, 15) is 4.79 Å². The third kappa shape index (κ3) is 29.7. The first-order valence-corrected chi connectivity index (χ1v) is 17.0. The lowest BCUT2D eigenvalue weighted by atomic mass is 10.0. The summed E-state index contributed by atoms with van der Waals surface area (Å²) < 4.78 is 0. The topological polar surface area (TPSA) is 29.1 Å². The lowest BCUT2D eigenvalue weighted by Crippen LogP contribution is -2.32. The summed E-state index contributed by atoms with van der Waals surface area (Å²) in [5.74, 6) is 0.274. The zero-order valence-corrected chi connectivity index (χ0v) is 25.5. The molecule has 0 fully saturated rings. The molecule has 1 amide bonds. The Hall–Kier alpha value is -0.530. The number of hydrogen-bond donors (Lipinski definition) is 1. The Labute approximate surface area is 228 Å². The molecule has 0 aromatic carbocycles. The molecule has 2 heteroatoms. The molecule has 0 saturated heterocycles. The first-order chi connectivity index (χ1) is 17.7. The van der Waals surface area contributed by atoms with Crippen molar-refractivity contribution in [3.8, 4) is 0 Å². The van der Waals surface area contributed by atoms with Crippen molar-refractivity contribution >= 4 is 5.91 Å². The average Bonchev–Trinajstić information content (AvgIpc) is 2.87. The van der Waals surface area contributed by atoms with E-state index in [2.05, 4.69) is 26.1 Å². The summed E-state index contributed by atoms with van der Waals surface area (Å²) in [4.78, 5) is 12.2. The van der Waals surface area contributed by atoms with Crippen LogP contribution in [0.4, 0.5) is 0 Å². The molecule has 0 aliphatic carbocycles. The molecular weight excluding hydrogens is 438 g/mol. The second kappa shape index (κ2) is 30.7. The Morgan fingerprint density at radius 1 is 0.444 bits per heavy atom. The van der Waals surface area contributed by atoms with Gasteiger partial charge in [-0.2, -0.15) is 0 Å². The van der Waals surface area contributed by atoms with Gasteiger partial charge in [-0.3, -0.25) is 4.79 Å². The summed E-state index contributed by atoms with van der Waals surface area (Å²) in [6, 6.07) is 0.344. The minimum atomic E-state index is 0.274. The van der Waals surface area contributed by atoms with Gasteiger partial charge in [0.15, 0.2) is 0 Å². The van der Waals surface area contributed by atoms with Crippen LogP contribution in [0.3, 0.4) is 0 Å². The quantitative estimate of drug-likeness (QED) is 0.0962. The third-order valence-electron chi connectivity index (χ3n) is 7.91. The van der Waals surface area contributed by atoms with Crippen molar-refractivity contribution in [3.63, 3.8) is 0 Å². The fourth-order valence-corrected chi connectivity index (χ4v) is 5.37. The van der Waals surface area contributed by atoms with Crippen molar-refractivity contribution in [1.82, 2.24) is 5.32 Å². The fourth-order valence-electron chi connectivity index (χ4n) is 5.37. The second-order valence-corrected chi connectivity index (χ2v) is 11.8. The fraction of sp³-hybridized carbons (Fsp3) is 0.971. The molecule has 0 aromatic heterocycles. The van der Waals surface area contributed by atoms with Crippen LogP contribution in [0.25, 0.3) is 0 Å². The molecule has 0 heterocycles. The van der Waals surface area contributed by atoms with Crippen LogP contribution in [0.1, 0.15) is 207 Å². The third-order valence-corrected chi connectivity index (χ3v) is 7.91. The Balaban J connectivity index is 3.28. The molecule has 36 heavy (non-hydrogen) atoms. The number of nitrogens with one attached hydrogen (secondary N) is 1. The zero-order valence-electron chi connectivity index (χ0n) is 25.5. The molecule has 0 rings (SSSR count). The average molecular weight is 508 g/mol. The number of hydrogen-bond acceptors (Lipinski definition) is 1. The van der Waals surface area contributed by atoms with E-state index in [4.69, 9.17) is 0 Å². The highest BCUT2D eigenvalue weighted by Gasteiger charge is 2.07. The maximum absolute atomic E-state index is 12.2. The van der Waals surface area contributed by atoms with Crippen molar-refractivity contribution in [3.05, 3.63) is 0 Å². The summed E-state index contributed by atoms with van der Waals surface area (Å²) in [5.41, 5.74) is 0. The van der Waals surface area contributed by atoms with Gasteiger partial charge in [0.05, 0.1) is 0 Å². The standard InChI is InChI=1S/C34H69NO/c1-4-6-8-10-12-14-16-18-20-21-23-25-27-29-31-33(3)35-34(36)32-30-28-26-24-22-19-17-15-13-11-9-7-5-2/h33H,4-32H2,1-3H3,(H,35,36). The van der Waals surface area contributed by atoms with Gasteiger partial charge in [0, 0.05) is 12.5 Å². The SMILES string of the molecule is CCCCCCCCCCCCCCCCC(C)NC(=O)CCCCCCCCCCCCCCC. The van der Waals surface area contributed by atoms with E-state index in [-0.39, 0.29) is 5.91 Å². The maximum atomic E-state index is 12.2. The summed E-state index contributed by atoms with van der Waals surface area (Å²) in [6.45, 7) is 6.76. The first-order valence-electron chi connectivity index (χ1n) is 17.0. The molecule has 2 nitrogen and oxygen atoms in total. The van der Waals surface area contributed by atoms with Gasteiger partial charge < -0.3 is 5.32 Å². The van der Waals surface area contributed by atoms with E-state index in [0.717, 1.165) is 19.3 Å². The van der Waals surface area contributed by atoms with Crippen LogP contribution in [-0.4, -0.2) is 11.9 Å². The lowest BCUT2D eigenvalue weighted by Gasteiger charge is -2.13. The molecule has 0 saturated carbocycles. The highest BCUT2D eigenvalue weighted by atomic mass is 16.1. The van der Waals surface area contributed by atoms with Crippen molar-refractivity contribution < 1.29 is 4.79 Å². The molecule has 1 N–H and O–H groups in total. The number of unbranched alkanes of at least 4 members (excludes halogenated alkanes) is 25. The predicted octanol–water partition coefficient (Wildman–Crippen LogP) is 11.8. The first kappa shape index (κ1) is 35.5. The van der Waals surface area contributed by atoms with E-state index in [1.165, 1.54) is 167 Å². The molecular formula is C34H69NO. The van der Waals surface area contributed by atoms with E-state index in [0.29, 0.717) is 6.04 Å². The van der Waals surface area contributed by atoms with Crippen LogP contribution in [0.5, 0.6) is 0 Å². The Bertz CT molecular complexity index is 421. The van der Waals surface area contributed by atoms with Gasteiger partial charge in [-0.15, -0.1) is 0 Å². The minimum absolute atomic E-state index is 0.274. The zero-order chi connectivity index (χ0) is 26.4.